The van der Waals surface area contributed by atoms with Crippen LogP contribution in [0.2, 0.25) is 0 Å². The smallest absolute Gasteiger partial charge is 0.389 e. The van der Waals surface area contributed by atoms with Crippen LogP contribution in [0, 0.1) is 5.41 Å². The molecule has 1 saturated carbocycles. The monoisotopic (exact) mass is 371 g/mol. The summed E-state index contributed by atoms with van der Waals surface area (Å²) in [7, 11) is 0. The number of carboxylic acid groups (broad SMARTS) is 1. The number of hydrogen-bond donors (Lipinski definition) is 2. The molecule has 0 aromatic heterocycles. The third-order valence-electron chi connectivity index (χ3n) is 4.98. The molecule has 0 saturated heterocycles. The second-order valence-electron chi connectivity index (χ2n) is 7.00. The van der Waals surface area contributed by atoms with Gasteiger partial charge in [-0.25, -0.2) is 0 Å². The van der Waals surface area contributed by atoms with E-state index >= 15 is 0 Å². The number of carbonyl (C=O) groups excluding carboxylic acids is 1. The van der Waals surface area contributed by atoms with Crippen molar-refractivity contribution < 1.29 is 27.9 Å². The molecule has 0 unspecified atom stereocenters. The van der Waals surface area contributed by atoms with Gasteiger partial charge in [0.2, 0.25) is 5.91 Å². The lowest BCUT2D eigenvalue weighted by molar-refractivity contribution is -0.152. The zero-order valence-corrected chi connectivity index (χ0v) is 14.6. The summed E-state index contributed by atoms with van der Waals surface area (Å²) in [5.74, 6) is -1.44. The van der Waals surface area contributed by atoms with Crippen LogP contribution in [0.4, 0.5) is 18.9 Å². The summed E-state index contributed by atoms with van der Waals surface area (Å²) in [5.41, 5.74) is -0.374. The van der Waals surface area contributed by atoms with E-state index in [4.69, 9.17) is 0 Å². The second kappa shape index (κ2) is 8.56. The van der Waals surface area contributed by atoms with Crippen molar-refractivity contribution in [3.63, 3.8) is 0 Å². The standard InChI is InChI=1S/C19H24F3NO3/c20-19(21,22)12-9-14-7-3-4-8-15(14)23-16(24)13-18(17(25)26)10-5-1-2-6-11-18/h3-4,7-8H,1-2,5-6,9-13H2,(H,23,24)(H,25,26). The van der Waals surface area contributed by atoms with Crippen LogP contribution in [0.5, 0.6) is 0 Å². The fraction of sp³-hybridized carbons (Fsp3) is 0.579. The van der Waals surface area contributed by atoms with Gasteiger partial charge in [0.25, 0.3) is 0 Å². The zero-order chi connectivity index (χ0) is 19.2. The van der Waals surface area contributed by atoms with E-state index in [9.17, 15) is 27.9 Å². The fourth-order valence-corrected chi connectivity index (χ4v) is 3.51. The van der Waals surface area contributed by atoms with Gasteiger partial charge >= 0.3 is 12.1 Å². The highest BCUT2D eigenvalue weighted by atomic mass is 19.4. The topological polar surface area (TPSA) is 66.4 Å². The summed E-state index contributed by atoms with van der Waals surface area (Å²) < 4.78 is 37.4. The van der Waals surface area contributed by atoms with Gasteiger partial charge in [0.05, 0.1) is 5.41 Å². The molecule has 144 valence electrons. The first-order chi connectivity index (χ1) is 12.2. The maximum absolute atomic E-state index is 12.5. The first-order valence-corrected chi connectivity index (χ1v) is 8.90. The van der Waals surface area contributed by atoms with Gasteiger partial charge in [-0.1, -0.05) is 43.9 Å². The highest BCUT2D eigenvalue weighted by Gasteiger charge is 2.40. The molecule has 1 aliphatic carbocycles. The second-order valence-corrected chi connectivity index (χ2v) is 7.00. The van der Waals surface area contributed by atoms with E-state index in [1.165, 1.54) is 0 Å². The number of alkyl halides is 3. The summed E-state index contributed by atoms with van der Waals surface area (Å²) >= 11 is 0. The van der Waals surface area contributed by atoms with E-state index in [0.29, 0.717) is 24.1 Å². The van der Waals surface area contributed by atoms with Crippen LogP contribution in [0.15, 0.2) is 24.3 Å². The Morgan fingerprint density at radius 2 is 1.69 bits per heavy atom. The molecule has 0 bridgehead atoms. The van der Waals surface area contributed by atoms with Crippen molar-refractivity contribution in [2.45, 2.75) is 64.0 Å². The van der Waals surface area contributed by atoms with Crippen molar-refractivity contribution in [3.05, 3.63) is 29.8 Å². The Morgan fingerprint density at radius 1 is 1.08 bits per heavy atom. The molecule has 0 aliphatic heterocycles. The van der Waals surface area contributed by atoms with Crippen molar-refractivity contribution in [2.24, 2.45) is 5.41 Å². The van der Waals surface area contributed by atoms with Crippen LogP contribution in [0.3, 0.4) is 0 Å². The number of para-hydroxylation sites is 1. The molecule has 1 aromatic carbocycles. The first kappa shape index (κ1) is 20.3. The average molecular weight is 371 g/mol. The number of benzene rings is 1. The normalized spacial score (nSPS) is 17.3. The number of anilines is 1. The molecule has 26 heavy (non-hydrogen) atoms. The predicted octanol–water partition coefficient (Wildman–Crippen LogP) is 4.94. The number of aliphatic carboxylic acids is 1. The number of halogens is 3. The van der Waals surface area contributed by atoms with Crippen LogP contribution in [0.1, 0.15) is 56.9 Å². The quantitative estimate of drug-likeness (QED) is 0.697. The van der Waals surface area contributed by atoms with E-state index in [1.54, 1.807) is 24.3 Å². The molecule has 7 heteroatoms. The molecule has 2 N–H and O–H groups in total. The van der Waals surface area contributed by atoms with Crippen LogP contribution < -0.4 is 5.32 Å². The van der Waals surface area contributed by atoms with E-state index < -0.39 is 29.9 Å². The number of aryl methyl sites for hydroxylation is 1. The molecule has 0 heterocycles. The van der Waals surface area contributed by atoms with Gasteiger partial charge < -0.3 is 10.4 Å². The Balaban J connectivity index is 2.08. The molecule has 0 atom stereocenters. The van der Waals surface area contributed by atoms with Crippen LogP contribution in [-0.2, 0) is 16.0 Å². The summed E-state index contributed by atoms with van der Waals surface area (Å²) in [4.78, 5) is 24.3. The van der Waals surface area contributed by atoms with Gasteiger partial charge in [-0.3, -0.25) is 9.59 Å². The molecule has 1 amide bonds. The number of carboxylic acids is 1. The molecule has 1 aliphatic rings. The van der Waals surface area contributed by atoms with Gasteiger partial charge in [0, 0.05) is 18.5 Å². The zero-order valence-electron chi connectivity index (χ0n) is 14.6. The van der Waals surface area contributed by atoms with Crippen molar-refractivity contribution in [2.75, 3.05) is 5.32 Å². The maximum Gasteiger partial charge on any atom is 0.389 e. The Morgan fingerprint density at radius 3 is 2.27 bits per heavy atom. The van der Waals surface area contributed by atoms with Crippen molar-refractivity contribution in [1.29, 1.82) is 0 Å². The summed E-state index contributed by atoms with van der Waals surface area (Å²) in [5, 5.41) is 12.3. The van der Waals surface area contributed by atoms with Gasteiger partial charge in [-0.2, -0.15) is 13.2 Å². The minimum absolute atomic E-state index is 0.157. The SMILES string of the molecule is O=C(CC1(C(=O)O)CCCCCC1)Nc1ccccc1CCC(F)(F)F. The van der Waals surface area contributed by atoms with Crippen LogP contribution in [0.25, 0.3) is 0 Å². The lowest BCUT2D eigenvalue weighted by Crippen LogP contribution is -2.35. The Bertz CT molecular complexity index is 635. The molecule has 0 spiro atoms. The minimum Gasteiger partial charge on any atom is -0.481 e. The van der Waals surface area contributed by atoms with Crippen molar-refractivity contribution >= 4 is 17.6 Å². The van der Waals surface area contributed by atoms with Crippen LogP contribution in [-0.4, -0.2) is 23.2 Å². The average Bonchev–Trinajstić information content (AvgIpc) is 2.80. The molecular weight excluding hydrogens is 347 g/mol. The van der Waals surface area contributed by atoms with E-state index in [0.717, 1.165) is 25.7 Å². The highest BCUT2D eigenvalue weighted by molar-refractivity contribution is 5.94. The number of carbonyl (C=O) groups is 2. The lowest BCUT2D eigenvalue weighted by atomic mass is 9.77. The van der Waals surface area contributed by atoms with E-state index in [1.807, 2.05) is 0 Å². The first-order valence-electron chi connectivity index (χ1n) is 8.90. The molecule has 0 radical (unpaired) electrons. The largest absolute Gasteiger partial charge is 0.481 e. The number of nitrogens with one attached hydrogen (secondary N) is 1. The van der Waals surface area contributed by atoms with Gasteiger partial charge in [-0.15, -0.1) is 0 Å². The fourth-order valence-electron chi connectivity index (χ4n) is 3.51. The Hall–Kier alpha value is -2.05. The third kappa shape index (κ3) is 5.75. The minimum atomic E-state index is -4.27. The van der Waals surface area contributed by atoms with Gasteiger partial charge in [-0.05, 0) is 30.9 Å². The van der Waals surface area contributed by atoms with Crippen molar-refractivity contribution in [3.8, 4) is 0 Å². The lowest BCUT2D eigenvalue weighted by Gasteiger charge is -2.27. The number of hydrogen-bond acceptors (Lipinski definition) is 2. The van der Waals surface area contributed by atoms with Gasteiger partial charge in [0.1, 0.15) is 0 Å². The predicted molar refractivity (Wildman–Crippen MR) is 91.8 cm³/mol. The van der Waals surface area contributed by atoms with Crippen LogP contribution >= 0.6 is 0 Å². The Labute approximate surface area is 150 Å². The molecule has 2 rings (SSSR count). The molecule has 1 fully saturated rings. The number of amides is 1. The molecule has 4 nitrogen and oxygen atoms in total. The Kier molecular flexibility index (Phi) is 6.67. The summed E-state index contributed by atoms with van der Waals surface area (Å²) in [6.07, 6.45) is -1.29. The summed E-state index contributed by atoms with van der Waals surface area (Å²) in [6, 6.07) is 6.33. The van der Waals surface area contributed by atoms with Gasteiger partial charge in [0.15, 0.2) is 0 Å². The molecular formula is C19H24F3NO3. The van der Waals surface area contributed by atoms with E-state index in [-0.39, 0.29) is 12.8 Å². The molecule has 1 aromatic rings. The van der Waals surface area contributed by atoms with E-state index in [2.05, 4.69) is 5.32 Å². The number of rotatable bonds is 6. The highest BCUT2D eigenvalue weighted by Crippen LogP contribution is 2.39. The summed E-state index contributed by atoms with van der Waals surface area (Å²) in [6.45, 7) is 0. The third-order valence-corrected chi connectivity index (χ3v) is 4.98. The van der Waals surface area contributed by atoms with Crippen molar-refractivity contribution in [1.82, 2.24) is 0 Å². The maximum atomic E-state index is 12.5.